The molecule has 2 heterocycles. The molecule has 0 radical (unpaired) electrons. The van der Waals surface area contributed by atoms with Gasteiger partial charge in [-0.15, -0.1) is 5.56 Å². The molecule has 1 amide bonds. The number of rotatable bonds is 12. The molecule has 1 saturated heterocycles. The number of benzene rings is 2. The van der Waals surface area contributed by atoms with Gasteiger partial charge in [-0.25, -0.2) is 4.39 Å². The molecule has 0 spiro atoms. The number of aliphatic carboxylic acids is 1. The van der Waals surface area contributed by atoms with Gasteiger partial charge in [-0.3, -0.25) is 14.4 Å². The third kappa shape index (κ3) is 10.3. The second kappa shape index (κ2) is 17.3. The maximum Gasteiger partial charge on any atom is 2.00 e. The Balaban J connectivity index is 0.00000417. The van der Waals surface area contributed by atoms with Crippen LogP contribution in [0.2, 0.25) is 0 Å². The molecule has 3 aromatic rings. The molecule has 1 aromatic heterocycles. The summed E-state index contributed by atoms with van der Waals surface area (Å²) in [5.41, 5.74) is 1.15. The van der Waals surface area contributed by atoms with Crippen molar-refractivity contribution in [2.24, 2.45) is 11.8 Å². The minimum Gasteiger partial charge on any atom is -0.481 e. The van der Waals surface area contributed by atoms with Crippen LogP contribution < -0.4 is 10.9 Å². The first-order valence-electron chi connectivity index (χ1n) is 15.8. The first-order chi connectivity index (χ1) is 22.0. The summed E-state index contributed by atoms with van der Waals surface area (Å²) in [6.45, 7) is 12.8. The van der Waals surface area contributed by atoms with E-state index in [1.54, 1.807) is 32.9 Å². The van der Waals surface area contributed by atoms with Gasteiger partial charge in [-0.2, -0.15) is 42.5 Å². The number of aromatic nitrogens is 1. The Kier molecular flexibility index (Phi) is 14.9. The predicted molar refractivity (Wildman–Crippen MR) is 178 cm³/mol. The summed E-state index contributed by atoms with van der Waals surface area (Å²) in [4.78, 5) is 41.2. The molecule has 12 heteroatoms. The Morgan fingerprint density at radius 3 is 2.31 bits per heavy atom. The number of likely N-dealkylation sites (tertiary alicyclic amines) is 1. The average molecular weight is 910 g/mol. The number of carboxylic acid groups (broad SMARTS) is 1. The number of nitrogens with one attached hydrogen (secondary N) is 1. The minimum absolute atomic E-state index is 0. The van der Waals surface area contributed by atoms with Crippen LogP contribution in [0.1, 0.15) is 79.1 Å². The van der Waals surface area contributed by atoms with Crippen molar-refractivity contribution in [3.8, 4) is 11.1 Å². The molecule has 1 aliphatic heterocycles. The van der Waals surface area contributed by atoms with Gasteiger partial charge in [-0.05, 0) is 42.7 Å². The second-order valence-electron chi connectivity index (χ2n) is 13.2. The van der Waals surface area contributed by atoms with Gasteiger partial charge in [0.25, 0.3) is 5.56 Å². The summed E-state index contributed by atoms with van der Waals surface area (Å²) in [6, 6.07) is 7.82. The monoisotopic (exact) mass is 909 g/mol. The van der Waals surface area contributed by atoms with Gasteiger partial charge in [0.2, 0.25) is 5.91 Å². The number of hydrogen-bond donors (Lipinski definition) is 2. The summed E-state index contributed by atoms with van der Waals surface area (Å²) in [7, 11) is 0. The van der Waals surface area contributed by atoms with Crippen molar-refractivity contribution in [3.63, 3.8) is 0 Å². The fourth-order valence-electron chi connectivity index (χ4n) is 6.44. The first kappa shape index (κ1) is 42.2. The number of carbonyl (C=O) groups is 2. The van der Waals surface area contributed by atoms with Gasteiger partial charge in [0.15, 0.2) is 0 Å². The summed E-state index contributed by atoms with van der Waals surface area (Å²) >= 11 is 0. The van der Waals surface area contributed by atoms with E-state index in [0.717, 1.165) is 40.5 Å². The molecule has 7 nitrogen and oxygen atoms in total. The molecule has 1 unspecified atom stereocenters. The van der Waals surface area contributed by atoms with E-state index in [2.05, 4.69) is 18.3 Å². The average Bonchev–Trinajstić information content (AvgIpc) is 2.94. The molecule has 0 saturated carbocycles. The van der Waals surface area contributed by atoms with Crippen LogP contribution in [0.5, 0.6) is 0 Å². The molecule has 2 N–H and O–H groups in total. The van der Waals surface area contributed by atoms with Crippen LogP contribution in [0, 0.1) is 83.0 Å². The second-order valence-corrected chi connectivity index (χ2v) is 13.2. The molecule has 264 valence electrons. The predicted octanol–water partition coefficient (Wildman–Crippen LogP) is 7.26. The number of carboxylic acids is 1. The molecular weight excluding hydrogens is 864 g/mol. The maximum atomic E-state index is 15.7. The summed E-state index contributed by atoms with van der Waals surface area (Å²) < 4.78 is 58.9. The van der Waals surface area contributed by atoms with Crippen molar-refractivity contribution in [1.82, 2.24) is 14.8 Å². The van der Waals surface area contributed by atoms with Crippen molar-refractivity contribution in [3.05, 3.63) is 99.6 Å². The van der Waals surface area contributed by atoms with Crippen LogP contribution in [0.15, 0.2) is 41.3 Å². The minimum atomic E-state index is -4.77. The largest absolute Gasteiger partial charge is 2.00 e. The van der Waals surface area contributed by atoms with Crippen LogP contribution in [0.4, 0.5) is 17.6 Å². The molecule has 2 aromatic carbocycles. The van der Waals surface area contributed by atoms with Gasteiger partial charge >= 0.3 is 43.3 Å². The van der Waals surface area contributed by atoms with Gasteiger partial charge in [0.1, 0.15) is 11.9 Å². The van der Waals surface area contributed by atoms with E-state index in [0.29, 0.717) is 24.1 Å². The molecular formula is C37H45F4N3O4U. The third-order valence-electron chi connectivity index (χ3n) is 8.68. The third-order valence-corrected chi connectivity index (χ3v) is 8.68. The van der Waals surface area contributed by atoms with Crippen LogP contribution in [-0.2, 0) is 22.2 Å². The summed E-state index contributed by atoms with van der Waals surface area (Å²) in [5.74, 6) is -2.50. The standard InChI is InChI=1S/C36H42F4N3O4.CH3.U/c1-20(2)12-30(43-19-25(10-11-42-17-21(3)18-42)28(15-31(43)44)36(38,39)40)35(47)41-29(16-32(45)46)27-14-26(13-24(6)34(27)37)33-22(4)8-7-9-23(33)5;;/h7-8,13-15,19-21,29-30H,10-12,16-18H2,1-6H3,(H,41,47)(H,45,46);1H3;/q2*-1;+2/t29-,30?;;/m0../s1. The van der Waals surface area contributed by atoms with Gasteiger partial charge in [-0.1, -0.05) is 52.3 Å². The summed E-state index contributed by atoms with van der Waals surface area (Å²) in [5, 5.41) is 12.4. The molecule has 1 fully saturated rings. The SMILES string of the molecule is Cc1[c-]ccc(C)c1-c1cc(C)c(F)c([C@H](CC(=O)O)NC(=O)C(CC(C)C)n2cc(CCN3CC(C)C3)c(C(F)(F)F)cc2=O)c1.[CH3-].[U+2]. The van der Waals surface area contributed by atoms with Gasteiger partial charge < -0.3 is 27.3 Å². The fraction of sp³-hybridized carbons (Fsp3) is 0.459. The molecule has 49 heavy (non-hydrogen) atoms. The number of carbonyl (C=O) groups excluding carboxylic acids is 1. The van der Waals surface area contributed by atoms with E-state index in [4.69, 9.17) is 0 Å². The van der Waals surface area contributed by atoms with E-state index in [1.807, 2.05) is 24.8 Å². The topological polar surface area (TPSA) is 91.6 Å². The first-order valence-corrected chi connectivity index (χ1v) is 15.8. The van der Waals surface area contributed by atoms with E-state index >= 15 is 4.39 Å². The van der Waals surface area contributed by atoms with Gasteiger partial charge in [0.05, 0.1) is 18.0 Å². The zero-order valence-corrected chi connectivity index (χ0v) is 33.3. The van der Waals surface area contributed by atoms with Crippen LogP contribution >= 0.6 is 0 Å². The number of pyridine rings is 1. The number of hydrogen-bond acceptors (Lipinski definition) is 4. The molecule has 0 bridgehead atoms. The summed E-state index contributed by atoms with van der Waals surface area (Å²) in [6.07, 6.45) is -4.24. The van der Waals surface area contributed by atoms with Crippen molar-refractivity contribution in [1.29, 1.82) is 0 Å². The Morgan fingerprint density at radius 1 is 1.10 bits per heavy atom. The number of aryl methyl sites for hydroxylation is 3. The van der Waals surface area contributed by atoms with Crippen molar-refractivity contribution in [2.75, 3.05) is 19.6 Å². The Bertz CT molecular complexity index is 1680. The number of nitrogens with zero attached hydrogens (tertiary/aromatic N) is 2. The van der Waals surface area contributed by atoms with E-state index in [-0.39, 0.29) is 74.0 Å². The fourth-order valence-corrected chi connectivity index (χ4v) is 6.44. The van der Waals surface area contributed by atoms with Gasteiger partial charge in [0, 0.05) is 37.5 Å². The van der Waals surface area contributed by atoms with Crippen LogP contribution in [0.25, 0.3) is 11.1 Å². The zero-order valence-electron chi connectivity index (χ0n) is 29.1. The number of halogens is 4. The van der Waals surface area contributed by atoms with Crippen molar-refractivity contribution >= 4 is 11.9 Å². The smallest absolute Gasteiger partial charge is 0.481 e. The van der Waals surface area contributed by atoms with Crippen molar-refractivity contribution in [2.45, 2.75) is 79.1 Å². The van der Waals surface area contributed by atoms with Crippen LogP contribution in [-0.4, -0.2) is 46.1 Å². The van der Waals surface area contributed by atoms with E-state index in [9.17, 15) is 32.7 Å². The Labute approximate surface area is 309 Å². The quantitative estimate of drug-likeness (QED) is 0.148. The molecule has 1 aliphatic rings. The number of alkyl halides is 3. The molecule has 0 aliphatic carbocycles. The number of amides is 1. The normalized spacial score (nSPS) is 14.8. The zero-order chi connectivity index (χ0) is 34.8. The Morgan fingerprint density at radius 2 is 1.76 bits per heavy atom. The molecule has 4 rings (SSSR count). The van der Waals surface area contributed by atoms with E-state index < -0.39 is 53.5 Å². The maximum absolute atomic E-state index is 15.7. The Hall–Kier alpha value is -2.94. The molecule has 2 atom stereocenters. The van der Waals surface area contributed by atoms with Crippen LogP contribution in [0.3, 0.4) is 0 Å². The van der Waals surface area contributed by atoms with E-state index in [1.165, 1.54) is 6.07 Å². The van der Waals surface area contributed by atoms with Crippen molar-refractivity contribution < 1.29 is 63.4 Å².